The maximum Gasteiger partial charge on any atom is 0.322 e. The van der Waals surface area contributed by atoms with Gasteiger partial charge in [0.05, 0.1) is 6.10 Å². The molecule has 2 rings (SSSR count). The van der Waals surface area contributed by atoms with Crippen molar-refractivity contribution in [3.05, 3.63) is 40.3 Å². The zero-order valence-electron chi connectivity index (χ0n) is 10.9. The van der Waals surface area contributed by atoms with Gasteiger partial charge in [-0.3, -0.25) is 4.79 Å². The molecule has 2 N–H and O–H groups in total. The quantitative estimate of drug-likeness (QED) is 0.863. The van der Waals surface area contributed by atoms with Gasteiger partial charge in [-0.15, -0.1) is 0 Å². The lowest BCUT2D eigenvalue weighted by Crippen LogP contribution is -2.39. The van der Waals surface area contributed by atoms with Gasteiger partial charge in [0, 0.05) is 23.4 Å². The second kappa shape index (κ2) is 6.15. The summed E-state index contributed by atoms with van der Waals surface area (Å²) in [6, 6.07) is 5.28. The largest absolute Gasteiger partial charge is 0.480 e. The molecule has 1 saturated heterocycles. The predicted molar refractivity (Wildman–Crippen MR) is 78.2 cm³/mol. The van der Waals surface area contributed by atoms with E-state index in [-0.39, 0.29) is 13.0 Å². The molecule has 6 nitrogen and oxygen atoms in total. The third-order valence-electron chi connectivity index (χ3n) is 3.15. The number of halogens is 1. The van der Waals surface area contributed by atoms with Gasteiger partial charge in [0.25, 0.3) is 0 Å². The Bertz CT molecular complexity index is 656. The van der Waals surface area contributed by atoms with Crippen LogP contribution < -0.4 is 0 Å². The Hall–Kier alpha value is -1.41. The molecule has 0 saturated carbocycles. The zero-order valence-corrected chi connectivity index (χ0v) is 12.5. The highest BCUT2D eigenvalue weighted by atomic mass is 35.5. The van der Waals surface area contributed by atoms with Crippen LogP contribution in [0.3, 0.4) is 0 Å². The Kier molecular flexibility index (Phi) is 4.67. The number of nitrogens with zero attached hydrogens (tertiary/aromatic N) is 1. The number of carbonyl (C=O) groups is 1. The summed E-state index contributed by atoms with van der Waals surface area (Å²) in [6.07, 6.45) is 0.281. The van der Waals surface area contributed by atoms with Gasteiger partial charge in [-0.05, 0) is 23.8 Å². The number of benzene rings is 1. The molecule has 0 radical (unpaired) electrons. The highest BCUT2D eigenvalue weighted by Crippen LogP contribution is 2.23. The number of carboxylic acid groups (broad SMARTS) is 1. The van der Waals surface area contributed by atoms with Crippen molar-refractivity contribution in [3.8, 4) is 0 Å². The minimum Gasteiger partial charge on any atom is -0.480 e. The topological polar surface area (TPSA) is 94.9 Å². The van der Waals surface area contributed by atoms with Crippen LogP contribution in [0.5, 0.6) is 0 Å². The monoisotopic (exact) mass is 331 g/mol. The first-order valence-corrected chi connectivity index (χ1v) is 8.04. The molecule has 1 aromatic carbocycles. The van der Waals surface area contributed by atoms with Gasteiger partial charge in [0.1, 0.15) is 6.04 Å². The van der Waals surface area contributed by atoms with Crippen molar-refractivity contribution in [1.29, 1.82) is 0 Å². The Morgan fingerprint density at radius 3 is 2.52 bits per heavy atom. The molecule has 2 unspecified atom stereocenters. The van der Waals surface area contributed by atoms with E-state index in [1.165, 1.54) is 6.08 Å². The van der Waals surface area contributed by atoms with E-state index in [0.29, 0.717) is 10.6 Å². The summed E-state index contributed by atoms with van der Waals surface area (Å²) in [4.78, 5) is 11.1. The first kappa shape index (κ1) is 16.0. The molecule has 2 atom stereocenters. The van der Waals surface area contributed by atoms with Crippen molar-refractivity contribution in [2.24, 2.45) is 0 Å². The summed E-state index contributed by atoms with van der Waals surface area (Å²) >= 11 is 5.73. The average Bonchev–Trinajstić information content (AvgIpc) is 2.81. The molecular formula is C13H14ClNO5S. The summed E-state index contributed by atoms with van der Waals surface area (Å²) in [5, 5.41) is 20.0. The Labute approximate surface area is 127 Å². The van der Waals surface area contributed by atoms with E-state index in [4.69, 9.17) is 16.7 Å². The number of sulfonamides is 1. The lowest BCUT2D eigenvalue weighted by Gasteiger charge is -2.18. The van der Waals surface area contributed by atoms with Crippen LogP contribution in [-0.4, -0.2) is 47.6 Å². The molecule has 0 aromatic heterocycles. The Morgan fingerprint density at radius 1 is 1.33 bits per heavy atom. The number of hydrogen-bond donors (Lipinski definition) is 2. The zero-order chi connectivity index (χ0) is 15.6. The number of rotatable bonds is 4. The second-order valence-electron chi connectivity index (χ2n) is 4.71. The normalized spacial score (nSPS) is 23.7. The van der Waals surface area contributed by atoms with Gasteiger partial charge >= 0.3 is 5.97 Å². The molecule has 0 amide bonds. The lowest BCUT2D eigenvalue weighted by atomic mass is 10.2. The van der Waals surface area contributed by atoms with E-state index in [9.17, 15) is 18.3 Å². The van der Waals surface area contributed by atoms with Crippen molar-refractivity contribution >= 4 is 33.7 Å². The fraction of sp³-hybridized carbons (Fsp3) is 0.308. The third kappa shape index (κ3) is 3.82. The van der Waals surface area contributed by atoms with Crippen LogP contribution in [0.25, 0.3) is 6.08 Å². The number of aliphatic carboxylic acids is 1. The number of aliphatic hydroxyl groups is 1. The van der Waals surface area contributed by atoms with Gasteiger partial charge < -0.3 is 10.2 Å². The molecule has 8 heteroatoms. The summed E-state index contributed by atoms with van der Waals surface area (Å²) in [5.74, 6) is -1.27. The molecule has 1 aliphatic heterocycles. The van der Waals surface area contributed by atoms with E-state index in [1.807, 2.05) is 0 Å². The van der Waals surface area contributed by atoms with Crippen molar-refractivity contribution in [1.82, 2.24) is 4.31 Å². The number of carboxylic acids is 1. The molecule has 0 bridgehead atoms. The molecule has 114 valence electrons. The first-order chi connectivity index (χ1) is 9.79. The highest BCUT2D eigenvalue weighted by molar-refractivity contribution is 7.92. The fourth-order valence-electron chi connectivity index (χ4n) is 2.11. The van der Waals surface area contributed by atoms with Gasteiger partial charge in [-0.1, -0.05) is 23.7 Å². The van der Waals surface area contributed by atoms with Crippen LogP contribution in [0, 0.1) is 0 Å². The van der Waals surface area contributed by atoms with Gasteiger partial charge in [-0.2, -0.15) is 4.31 Å². The Balaban J connectivity index is 2.21. The Morgan fingerprint density at radius 2 is 1.95 bits per heavy atom. The average molecular weight is 332 g/mol. The minimum absolute atomic E-state index is 0.108. The van der Waals surface area contributed by atoms with Crippen LogP contribution in [0.2, 0.25) is 5.02 Å². The van der Waals surface area contributed by atoms with Crippen LogP contribution in [0.4, 0.5) is 0 Å². The summed E-state index contributed by atoms with van der Waals surface area (Å²) in [6.45, 7) is -0.218. The van der Waals surface area contributed by atoms with E-state index in [0.717, 1.165) is 9.71 Å². The molecule has 1 fully saturated rings. The second-order valence-corrected chi connectivity index (χ2v) is 6.92. The third-order valence-corrected chi connectivity index (χ3v) is 4.94. The number of hydrogen-bond acceptors (Lipinski definition) is 4. The molecular weight excluding hydrogens is 318 g/mol. The molecule has 1 heterocycles. The summed E-state index contributed by atoms with van der Waals surface area (Å²) in [5.41, 5.74) is 0.620. The van der Waals surface area contributed by atoms with Gasteiger partial charge in [0.15, 0.2) is 0 Å². The predicted octanol–water partition coefficient (Wildman–Crippen LogP) is 1.16. The maximum absolute atomic E-state index is 12.2. The van der Waals surface area contributed by atoms with Crippen molar-refractivity contribution in [2.75, 3.05) is 6.54 Å². The standard InChI is InChI=1S/C13H14ClNO5S/c14-10-3-1-9(2-4-10)5-6-21(19,20)15-8-11(16)7-12(15)13(17)18/h1-6,11-12,16H,7-8H2,(H,17,18)/b6-5+. The van der Waals surface area contributed by atoms with Crippen LogP contribution in [0.1, 0.15) is 12.0 Å². The maximum atomic E-state index is 12.2. The van der Waals surface area contributed by atoms with E-state index in [2.05, 4.69) is 0 Å². The van der Waals surface area contributed by atoms with Crippen molar-refractivity contribution in [3.63, 3.8) is 0 Å². The SMILES string of the molecule is O=C(O)C1CC(O)CN1S(=O)(=O)/C=C/c1ccc(Cl)cc1. The first-order valence-electron chi connectivity index (χ1n) is 6.16. The van der Waals surface area contributed by atoms with Crippen molar-refractivity contribution < 1.29 is 23.4 Å². The van der Waals surface area contributed by atoms with Crippen LogP contribution >= 0.6 is 11.6 Å². The number of β-amino-alcohol motifs (C(OH)–C–C–N with tert-alkyl or cyclic N) is 1. The fourth-order valence-corrected chi connectivity index (χ4v) is 3.63. The van der Waals surface area contributed by atoms with Crippen molar-refractivity contribution in [2.45, 2.75) is 18.6 Å². The molecule has 21 heavy (non-hydrogen) atoms. The molecule has 0 spiro atoms. The van der Waals surface area contributed by atoms with Crippen LogP contribution in [0.15, 0.2) is 29.7 Å². The van der Waals surface area contributed by atoms with Gasteiger partial charge in [0.2, 0.25) is 10.0 Å². The number of aliphatic hydroxyl groups excluding tert-OH is 1. The molecule has 0 aliphatic carbocycles. The summed E-state index contributed by atoms with van der Waals surface area (Å²) < 4.78 is 25.1. The molecule has 1 aliphatic rings. The lowest BCUT2D eigenvalue weighted by molar-refractivity contribution is -0.140. The minimum atomic E-state index is -3.92. The van der Waals surface area contributed by atoms with E-state index in [1.54, 1.807) is 24.3 Å². The smallest absolute Gasteiger partial charge is 0.322 e. The van der Waals surface area contributed by atoms with Gasteiger partial charge in [-0.25, -0.2) is 8.42 Å². The van der Waals surface area contributed by atoms with Crippen LogP contribution in [-0.2, 0) is 14.8 Å². The highest BCUT2D eigenvalue weighted by Gasteiger charge is 2.41. The molecule has 1 aromatic rings. The summed E-state index contributed by atoms with van der Waals surface area (Å²) in [7, 11) is -3.92. The van der Waals surface area contributed by atoms with E-state index >= 15 is 0 Å². The van der Waals surface area contributed by atoms with E-state index < -0.39 is 28.1 Å².